The van der Waals surface area contributed by atoms with Crippen LogP contribution < -0.4 is 10.3 Å². The molecule has 1 fully saturated rings. The Balaban J connectivity index is 1.40. The summed E-state index contributed by atoms with van der Waals surface area (Å²) in [7, 11) is 0. The predicted molar refractivity (Wildman–Crippen MR) is 102 cm³/mol. The number of benzene rings is 2. The topological polar surface area (TPSA) is 49.8 Å². The van der Waals surface area contributed by atoms with Crippen molar-refractivity contribution in [2.24, 2.45) is 5.10 Å². The average molecular weight is 332 g/mol. The Bertz CT molecular complexity index is 870. The summed E-state index contributed by atoms with van der Waals surface area (Å²) in [5.74, 6) is 0.736. The van der Waals surface area contributed by atoms with E-state index in [-0.39, 0.29) is 0 Å². The van der Waals surface area contributed by atoms with Crippen molar-refractivity contribution in [3.63, 3.8) is 0 Å². The standard InChI is InChI=1S/C20H20N4O/c1-2-4-19-17(3-1)7-10-20(22-19)23-21-15-16-5-8-18(9-6-16)24-11-13-25-14-12-24/h1-10,15H,11-14H2,(H,22,23)/b21-15-. The molecule has 1 N–H and O–H groups in total. The lowest BCUT2D eigenvalue weighted by Gasteiger charge is -2.28. The Morgan fingerprint density at radius 2 is 1.76 bits per heavy atom. The second kappa shape index (κ2) is 7.32. The Kier molecular flexibility index (Phi) is 4.57. The molecule has 126 valence electrons. The molecular weight excluding hydrogens is 312 g/mol. The zero-order valence-corrected chi connectivity index (χ0v) is 13.9. The summed E-state index contributed by atoms with van der Waals surface area (Å²) in [5.41, 5.74) is 6.22. The number of nitrogens with one attached hydrogen (secondary N) is 1. The summed E-state index contributed by atoms with van der Waals surface area (Å²) >= 11 is 0. The number of hydrogen-bond donors (Lipinski definition) is 1. The van der Waals surface area contributed by atoms with E-state index in [9.17, 15) is 0 Å². The number of morpholine rings is 1. The second-order valence-corrected chi connectivity index (χ2v) is 5.95. The Morgan fingerprint density at radius 1 is 0.960 bits per heavy atom. The first-order chi connectivity index (χ1) is 12.4. The zero-order valence-electron chi connectivity index (χ0n) is 13.9. The second-order valence-electron chi connectivity index (χ2n) is 5.95. The average Bonchev–Trinajstić information content (AvgIpc) is 2.69. The third-order valence-corrected chi connectivity index (χ3v) is 4.26. The molecule has 1 aromatic heterocycles. The van der Waals surface area contributed by atoms with Gasteiger partial charge in [-0.05, 0) is 35.9 Å². The number of fused-ring (bicyclic) bond motifs is 1. The van der Waals surface area contributed by atoms with E-state index in [0.717, 1.165) is 48.6 Å². The van der Waals surface area contributed by atoms with Gasteiger partial charge >= 0.3 is 0 Å². The fraction of sp³-hybridized carbons (Fsp3) is 0.200. The summed E-state index contributed by atoms with van der Waals surface area (Å²) in [5, 5.41) is 5.41. The molecule has 0 aliphatic carbocycles. The number of hydrogen-bond acceptors (Lipinski definition) is 5. The van der Waals surface area contributed by atoms with Gasteiger partial charge in [0.25, 0.3) is 0 Å². The van der Waals surface area contributed by atoms with Crippen LogP contribution in [0.15, 0.2) is 65.8 Å². The minimum Gasteiger partial charge on any atom is -0.378 e. The zero-order chi connectivity index (χ0) is 16.9. The van der Waals surface area contributed by atoms with Crippen LogP contribution in [0.2, 0.25) is 0 Å². The lowest BCUT2D eigenvalue weighted by Crippen LogP contribution is -2.36. The fourth-order valence-electron chi connectivity index (χ4n) is 2.89. The Morgan fingerprint density at radius 3 is 2.60 bits per heavy atom. The molecule has 1 aliphatic rings. The first-order valence-corrected chi connectivity index (χ1v) is 8.46. The largest absolute Gasteiger partial charge is 0.378 e. The number of hydrazone groups is 1. The number of ether oxygens (including phenoxy) is 1. The molecule has 0 amide bonds. The molecule has 2 heterocycles. The molecule has 0 spiro atoms. The normalized spacial score (nSPS) is 15.0. The highest BCUT2D eigenvalue weighted by Crippen LogP contribution is 2.16. The van der Waals surface area contributed by atoms with E-state index in [4.69, 9.17) is 4.74 Å². The smallest absolute Gasteiger partial charge is 0.146 e. The minimum atomic E-state index is 0.736. The number of pyridine rings is 1. The molecule has 0 unspecified atom stereocenters. The summed E-state index contributed by atoms with van der Waals surface area (Å²) in [4.78, 5) is 6.87. The van der Waals surface area contributed by atoms with Gasteiger partial charge in [-0.2, -0.15) is 5.10 Å². The van der Waals surface area contributed by atoms with Gasteiger partial charge in [-0.3, -0.25) is 5.43 Å². The van der Waals surface area contributed by atoms with Crippen LogP contribution in [0.5, 0.6) is 0 Å². The van der Waals surface area contributed by atoms with Gasteiger partial charge in [-0.25, -0.2) is 4.98 Å². The van der Waals surface area contributed by atoms with Crippen molar-refractivity contribution in [3.05, 3.63) is 66.2 Å². The monoisotopic (exact) mass is 332 g/mol. The molecule has 4 rings (SSSR count). The molecule has 25 heavy (non-hydrogen) atoms. The van der Waals surface area contributed by atoms with Gasteiger partial charge < -0.3 is 9.64 Å². The molecule has 0 atom stereocenters. The maximum Gasteiger partial charge on any atom is 0.146 e. The first-order valence-electron chi connectivity index (χ1n) is 8.46. The van der Waals surface area contributed by atoms with Crippen LogP contribution in [0.3, 0.4) is 0 Å². The molecule has 5 nitrogen and oxygen atoms in total. The van der Waals surface area contributed by atoms with E-state index in [1.165, 1.54) is 5.69 Å². The van der Waals surface area contributed by atoms with E-state index >= 15 is 0 Å². The number of aromatic nitrogens is 1. The summed E-state index contributed by atoms with van der Waals surface area (Å²) < 4.78 is 5.39. The van der Waals surface area contributed by atoms with Crippen LogP contribution in [0, 0.1) is 0 Å². The van der Waals surface area contributed by atoms with Gasteiger partial charge in [0.1, 0.15) is 5.82 Å². The lowest BCUT2D eigenvalue weighted by atomic mass is 10.2. The minimum absolute atomic E-state index is 0.736. The third-order valence-electron chi connectivity index (χ3n) is 4.26. The van der Waals surface area contributed by atoms with Gasteiger partial charge in [0.05, 0.1) is 24.9 Å². The highest BCUT2D eigenvalue weighted by atomic mass is 16.5. The van der Waals surface area contributed by atoms with Gasteiger partial charge in [0.15, 0.2) is 0 Å². The van der Waals surface area contributed by atoms with E-state index < -0.39 is 0 Å². The van der Waals surface area contributed by atoms with Crippen LogP contribution in [0.1, 0.15) is 5.56 Å². The van der Waals surface area contributed by atoms with Gasteiger partial charge in [-0.1, -0.05) is 30.3 Å². The van der Waals surface area contributed by atoms with Crippen LogP contribution in [0.4, 0.5) is 11.5 Å². The first kappa shape index (κ1) is 15.6. The van der Waals surface area contributed by atoms with Crippen molar-refractivity contribution < 1.29 is 4.74 Å². The number of rotatable bonds is 4. The molecule has 5 heteroatoms. The summed E-state index contributed by atoms with van der Waals surface area (Å²) in [6.45, 7) is 3.49. The van der Waals surface area contributed by atoms with Crippen molar-refractivity contribution in [2.75, 3.05) is 36.6 Å². The maximum absolute atomic E-state index is 5.39. The molecular formula is C20H20N4O. The molecule has 0 radical (unpaired) electrons. The highest BCUT2D eigenvalue weighted by Gasteiger charge is 2.10. The molecule has 0 bridgehead atoms. The van der Waals surface area contributed by atoms with E-state index in [1.54, 1.807) is 6.21 Å². The van der Waals surface area contributed by atoms with Crippen molar-refractivity contribution in [3.8, 4) is 0 Å². The molecule has 2 aromatic carbocycles. The van der Waals surface area contributed by atoms with Gasteiger partial charge in [0.2, 0.25) is 0 Å². The SMILES string of the molecule is C(=N/Nc1ccc2ccccc2n1)/c1ccc(N2CCOCC2)cc1. The van der Waals surface area contributed by atoms with Crippen LogP contribution in [-0.4, -0.2) is 37.5 Å². The fourth-order valence-corrected chi connectivity index (χ4v) is 2.89. The van der Waals surface area contributed by atoms with E-state index in [2.05, 4.69) is 44.7 Å². The maximum atomic E-state index is 5.39. The van der Waals surface area contributed by atoms with Crippen LogP contribution in [0.25, 0.3) is 10.9 Å². The Labute approximate surface area is 146 Å². The molecule has 3 aromatic rings. The Hall–Kier alpha value is -2.92. The molecule has 1 aliphatic heterocycles. The van der Waals surface area contributed by atoms with E-state index in [0.29, 0.717) is 0 Å². The highest BCUT2D eigenvalue weighted by molar-refractivity contribution is 5.82. The van der Waals surface area contributed by atoms with Crippen molar-refractivity contribution >= 4 is 28.6 Å². The number of nitrogens with zero attached hydrogens (tertiary/aromatic N) is 3. The van der Waals surface area contributed by atoms with Crippen molar-refractivity contribution in [2.45, 2.75) is 0 Å². The lowest BCUT2D eigenvalue weighted by molar-refractivity contribution is 0.122. The summed E-state index contributed by atoms with van der Waals surface area (Å²) in [6, 6.07) is 20.4. The third kappa shape index (κ3) is 3.78. The molecule has 0 saturated carbocycles. The van der Waals surface area contributed by atoms with E-state index in [1.807, 2.05) is 36.4 Å². The number of anilines is 2. The van der Waals surface area contributed by atoms with Gasteiger partial charge in [0, 0.05) is 24.2 Å². The van der Waals surface area contributed by atoms with Crippen molar-refractivity contribution in [1.29, 1.82) is 0 Å². The van der Waals surface area contributed by atoms with Crippen LogP contribution >= 0.6 is 0 Å². The summed E-state index contributed by atoms with van der Waals surface area (Å²) in [6.07, 6.45) is 1.81. The van der Waals surface area contributed by atoms with Crippen LogP contribution in [-0.2, 0) is 4.74 Å². The van der Waals surface area contributed by atoms with Crippen molar-refractivity contribution in [1.82, 2.24) is 4.98 Å². The quantitative estimate of drug-likeness (QED) is 0.587. The number of para-hydroxylation sites is 1. The molecule has 1 saturated heterocycles. The van der Waals surface area contributed by atoms with Gasteiger partial charge in [-0.15, -0.1) is 0 Å². The predicted octanol–water partition coefficient (Wildman–Crippen LogP) is 3.52.